The molecule has 0 aromatic carbocycles. The summed E-state index contributed by atoms with van der Waals surface area (Å²) in [6.45, 7) is 0. The lowest BCUT2D eigenvalue weighted by atomic mass is 10.2. The summed E-state index contributed by atoms with van der Waals surface area (Å²) < 4.78 is 9.98. The molecule has 8 heteroatoms. The number of ether oxygens (including phenoxy) is 2. The summed E-state index contributed by atoms with van der Waals surface area (Å²) in [5.74, 6) is 0.473. The number of nitrogens with two attached hydrogens (primary N) is 1. The second kappa shape index (κ2) is 5.83. The van der Waals surface area contributed by atoms with Crippen molar-refractivity contribution in [3.63, 3.8) is 0 Å². The molecule has 0 fully saturated rings. The van der Waals surface area contributed by atoms with Crippen LogP contribution in [0, 0.1) is 0 Å². The Balaban J connectivity index is 2.23. The number of methoxy groups -OCH3 is 2. The number of carbonyl (C=O) groups excluding carboxylic acids is 1. The van der Waals surface area contributed by atoms with Gasteiger partial charge in [0.25, 0.3) is 5.91 Å². The molecule has 2 aromatic heterocycles. The van der Waals surface area contributed by atoms with Gasteiger partial charge in [-0.25, -0.2) is 4.98 Å². The van der Waals surface area contributed by atoms with E-state index < -0.39 is 5.91 Å². The average molecular weight is 275 g/mol. The first-order valence-corrected chi connectivity index (χ1v) is 5.62. The van der Waals surface area contributed by atoms with Gasteiger partial charge >= 0.3 is 0 Å². The Hall–Kier alpha value is -2.90. The first kappa shape index (κ1) is 13.5. The van der Waals surface area contributed by atoms with Crippen molar-refractivity contribution in [3.8, 4) is 11.8 Å². The van der Waals surface area contributed by atoms with Gasteiger partial charge in [0, 0.05) is 11.8 Å². The van der Waals surface area contributed by atoms with E-state index in [0.29, 0.717) is 5.56 Å². The van der Waals surface area contributed by atoms with E-state index in [0.717, 1.165) is 0 Å². The highest BCUT2D eigenvalue weighted by Gasteiger charge is 2.11. The summed E-state index contributed by atoms with van der Waals surface area (Å²) in [5, 5.41) is 2.53. The van der Waals surface area contributed by atoms with E-state index in [2.05, 4.69) is 20.3 Å². The number of nitrogens with one attached hydrogen (secondary N) is 1. The third-order valence-corrected chi connectivity index (χ3v) is 2.37. The fraction of sp³-hybridized carbons (Fsp3) is 0.167. The van der Waals surface area contributed by atoms with Crippen molar-refractivity contribution in [2.75, 3.05) is 25.3 Å². The summed E-state index contributed by atoms with van der Waals surface area (Å²) in [6, 6.07) is 4.48. The zero-order chi connectivity index (χ0) is 14.5. The number of nitrogens with zero attached hydrogens (tertiary/aromatic N) is 3. The molecular weight excluding hydrogens is 262 g/mol. The highest BCUT2D eigenvalue weighted by atomic mass is 16.5. The van der Waals surface area contributed by atoms with Crippen LogP contribution in [0.3, 0.4) is 0 Å². The largest absolute Gasteiger partial charge is 0.481 e. The van der Waals surface area contributed by atoms with Crippen molar-refractivity contribution in [2.24, 2.45) is 0 Å². The molecule has 2 aromatic rings. The molecule has 20 heavy (non-hydrogen) atoms. The second-order valence-electron chi connectivity index (χ2n) is 3.70. The van der Waals surface area contributed by atoms with Crippen LogP contribution < -0.4 is 20.5 Å². The highest BCUT2D eigenvalue weighted by Crippen LogP contribution is 2.17. The van der Waals surface area contributed by atoms with Gasteiger partial charge in [0.1, 0.15) is 5.82 Å². The zero-order valence-corrected chi connectivity index (χ0v) is 11.0. The molecule has 2 heterocycles. The fourth-order valence-corrected chi connectivity index (χ4v) is 1.43. The number of hydrogen-bond acceptors (Lipinski definition) is 7. The third kappa shape index (κ3) is 3.10. The molecule has 0 saturated heterocycles. The summed E-state index contributed by atoms with van der Waals surface area (Å²) in [5.41, 5.74) is 5.87. The lowest BCUT2D eigenvalue weighted by molar-refractivity contribution is 0.102. The summed E-state index contributed by atoms with van der Waals surface area (Å²) in [6.07, 6.45) is 1.44. The smallest absolute Gasteiger partial charge is 0.258 e. The second-order valence-corrected chi connectivity index (χ2v) is 3.70. The molecule has 0 atom stereocenters. The van der Waals surface area contributed by atoms with Crippen LogP contribution >= 0.6 is 0 Å². The Labute approximate surface area is 115 Å². The maximum absolute atomic E-state index is 12.0. The van der Waals surface area contributed by atoms with Crippen molar-refractivity contribution < 1.29 is 14.3 Å². The van der Waals surface area contributed by atoms with Crippen LogP contribution in [0.2, 0.25) is 0 Å². The maximum atomic E-state index is 12.0. The van der Waals surface area contributed by atoms with Crippen molar-refractivity contribution in [3.05, 3.63) is 30.0 Å². The first-order valence-electron chi connectivity index (χ1n) is 5.62. The highest BCUT2D eigenvalue weighted by molar-refractivity contribution is 6.03. The van der Waals surface area contributed by atoms with Crippen molar-refractivity contribution in [1.82, 2.24) is 15.0 Å². The number of anilines is 2. The van der Waals surface area contributed by atoms with Gasteiger partial charge < -0.3 is 15.2 Å². The Morgan fingerprint density at radius 1 is 1.20 bits per heavy atom. The number of hydrogen-bond donors (Lipinski definition) is 2. The minimum Gasteiger partial charge on any atom is -0.481 e. The van der Waals surface area contributed by atoms with Crippen LogP contribution in [-0.4, -0.2) is 35.1 Å². The molecule has 0 spiro atoms. The van der Waals surface area contributed by atoms with E-state index >= 15 is 0 Å². The van der Waals surface area contributed by atoms with Crippen LogP contribution in [0.15, 0.2) is 24.4 Å². The van der Waals surface area contributed by atoms with Crippen LogP contribution in [0.5, 0.6) is 11.8 Å². The van der Waals surface area contributed by atoms with E-state index in [1.165, 1.54) is 38.6 Å². The molecule has 104 valence electrons. The maximum Gasteiger partial charge on any atom is 0.258 e. The van der Waals surface area contributed by atoms with Crippen LogP contribution in [-0.2, 0) is 0 Å². The predicted molar refractivity (Wildman–Crippen MR) is 71.7 cm³/mol. The quantitative estimate of drug-likeness (QED) is 0.845. The number of amides is 1. The first-order chi connectivity index (χ1) is 9.62. The van der Waals surface area contributed by atoms with Gasteiger partial charge in [-0.05, 0) is 12.1 Å². The van der Waals surface area contributed by atoms with Crippen molar-refractivity contribution in [2.45, 2.75) is 0 Å². The van der Waals surface area contributed by atoms with Crippen LogP contribution in [0.25, 0.3) is 0 Å². The van der Waals surface area contributed by atoms with Gasteiger partial charge in [0.05, 0.1) is 20.3 Å². The van der Waals surface area contributed by atoms with Gasteiger partial charge in [-0.2, -0.15) is 9.97 Å². The van der Waals surface area contributed by atoms with Crippen molar-refractivity contribution in [1.29, 1.82) is 0 Å². The standard InChI is InChI=1S/C12H13N5O3/c1-19-9-6-10(20-2)16-12(15-9)17-11(18)7-3-4-14-8(13)5-7/h3-6H,1-2H3,(H2,13,14)(H,15,16,17,18). The number of pyridine rings is 1. The number of aromatic nitrogens is 3. The predicted octanol–water partition coefficient (Wildman–Crippen LogP) is 0.723. The molecule has 1 amide bonds. The number of rotatable bonds is 4. The van der Waals surface area contributed by atoms with Gasteiger partial charge in [-0.1, -0.05) is 0 Å². The number of carbonyl (C=O) groups is 1. The molecule has 0 radical (unpaired) electrons. The summed E-state index contributed by atoms with van der Waals surface area (Å²) in [4.78, 5) is 23.8. The normalized spacial score (nSPS) is 9.90. The average Bonchev–Trinajstić information content (AvgIpc) is 2.46. The molecule has 0 bridgehead atoms. The number of nitrogen functional groups attached to an aromatic ring is 1. The summed E-state index contributed by atoms with van der Waals surface area (Å²) >= 11 is 0. The fourth-order valence-electron chi connectivity index (χ4n) is 1.43. The zero-order valence-electron chi connectivity index (χ0n) is 11.0. The van der Waals surface area contributed by atoms with Gasteiger partial charge in [-0.15, -0.1) is 0 Å². The monoisotopic (exact) mass is 275 g/mol. The third-order valence-electron chi connectivity index (χ3n) is 2.37. The van der Waals surface area contributed by atoms with Crippen LogP contribution in [0.4, 0.5) is 11.8 Å². The molecular formula is C12H13N5O3. The molecule has 3 N–H and O–H groups in total. The lowest BCUT2D eigenvalue weighted by Crippen LogP contribution is -2.15. The molecule has 0 unspecified atom stereocenters. The Kier molecular flexibility index (Phi) is 3.94. The van der Waals surface area contributed by atoms with Crippen molar-refractivity contribution >= 4 is 17.7 Å². The minimum absolute atomic E-state index is 0.0709. The molecule has 0 saturated carbocycles. The Morgan fingerprint density at radius 3 is 2.40 bits per heavy atom. The Morgan fingerprint density at radius 2 is 1.85 bits per heavy atom. The van der Waals surface area contributed by atoms with Crippen LogP contribution in [0.1, 0.15) is 10.4 Å². The van der Waals surface area contributed by atoms with E-state index in [1.807, 2.05) is 0 Å². The molecule has 0 aliphatic rings. The summed E-state index contributed by atoms with van der Waals surface area (Å²) in [7, 11) is 2.91. The molecule has 8 nitrogen and oxygen atoms in total. The van der Waals surface area contributed by atoms with E-state index in [9.17, 15) is 4.79 Å². The van der Waals surface area contributed by atoms with Gasteiger partial charge in [0.15, 0.2) is 0 Å². The van der Waals surface area contributed by atoms with E-state index in [4.69, 9.17) is 15.2 Å². The van der Waals surface area contributed by atoms with E-state index in [1.54, 1.807) is 0 Å². The Bertz CT molecular complexity index is 610. The SMILES string of the molecule is COc1cc(OC)nc(NC(=O)c2ccnc(N)c2)n1. The molecule has 0 aliphatic heterocycles. The topological polar surface area (TPSA) is 112 Å². The van der Waals surface area contributed by atoms with E-state index in [-0.39, 0.29) is 23.5 Å². The molecule has 0 aliphatic carbocycles. The molecule has 2 rings (SSSR count). The van der Waals surface area contributed by atoms with Gasteiger partial charge in [0.2, 0.25) is 17.7 Å². The minimum atomic E-state index is -0.408. The van der Waals surface area contributed by atoms with Gasteiger partial charge in [-0.3, -0.25) is 10.1 Å². The lowest BCUT2D eigenvalue weighted by Gasteiger charge is -2.07.